The largest absolute Gasteiger partial charge is 0.476 e. The lowest BCUT2D eigenvalue weighted by Crippen LogP contribution is -2.32. The van der Waals surface area contributed by atoms with E-state index in [4.69, 9.17) is 9.84 Å². The SMILES string of the molecule is COCc1c(C(=O)O)nnn1CC1(O)CCCC1. The second kappa shape index (κ2) is 5.03. The number of hydrogen-bond donors (Lipinski definition) is 2. The molecule has 7 heteroatoms. The van der Waals surface area contributed by atoms with Crippen LogP contribution in [0.1, 0.15) is 41.9 Å². The maximum atomic E-state index is 11.0. The third-order valence-electron chi connectivity index (χ3n) is 3.30. The summed E-state index contributed by atoms with van der Waals surface area (Å²) in [6.45, 7) is 0.386. The predicted molar refractivity (Wildman–Crippen MR) is 61.1 cm³/mol. The fraction of sp³-hybridized carbons (Fsp3) is 0.727. The van der Waals surface area contributed by atoms with Crippen molar-refractivity contribution in [3.8, 4) is 0 Å². The predicted octanol–water partition coefficient (Wildman–Crippen LogP) is 0.428. The highest BCUT2D eigenvalue weighted by molar-refractivity contribution is 5.86. The van der Waals surface area contributed by atoms with Crippen LogP contribution in [0.25, 0.3) is 0 Å². The lowest BCUT2D eigenvalue weighted by molar-refractivity contribution is 0.0235. The van der Waals surface area contributed by atoms with Crippen molar-refractivity contribution in [1.82, 2.24) is 15.0 Å². The van der Waals surface area contributed by atoms with Crippen LogP contribution in [0.5, 0.6) is 0 Å². The molecule has 2 N–H and O–H groups in total. The van der Waals surface area contributed by atoms with Crippen LogP contribution in [0, 0.1) is 0 Å². The number of hydrogen-bond acceptors (Lipinski definition) is 5. The fourth-order valence-electron chi connectivity index (χ4n) is 2.38. The van der Waals surface area contributed by atoms with E-state index in [-0.39, 0.29) is 18.8 Å². The summed E-state index contributed by atoms with van der Waals surface area (Å²) in [5.41, 5.74) is -0.518. The Labute approximate surface area is 104 Å². The van der Waals surface area contributed by atoms with Crippen LogP contribution in [0.2, 0.25) is 0 Å². The monoisotopic (exact) mass is 255 g/mol. The highest BCUT2D eigenvalue weighted by Crippen LogP contribution is 2.31. The molecule has 0 atom stereocenters. The maximum Gasteiger partial charge on any atom is 0.358 e. The van der Waals surface area contributed by atoms with Crippen molar-refractivity contribution in [2.75, 3.05) is 7.11 Å². The first-order valence-corrected chi connectivity index (χ1v) is 5.93. The number of carbonyl (C=O) groups is 1. The molecule has 1 fully saturated rings. The van der Waals surface area contributed by atoms with E-state index in [9.17, 15) is 9.90 Å². The molecular formula is C11H17N3O4. The molecule has 1 aliphatic rings. The van der Waals surface area contributed by atoms with Crippen LogP contribution < -0.4 is 0 Å². The Kier molecular flexibility index (Phi) is 3.63. The van der Waals surface area contributed by atoms with Crippen molar-refractivity contribution >= 4 is 5.97 Å². The molecule has 0 unspecified atom stereocenters. The van der Waals surface area contributed by atoms with Gasteiger partial charge in [-0.2, -0.15) is 0 Å². The van der Waals surface area contributed by atoms with Crippen molar-refractivity contribution in [2.24, 2.45) is 0 Å². The van der Waals surface area contributed by atoms with Crippen LogP contribution in [-0.4, -0.2) is 43.9 Å². The third-order valence-corrected chi connectivity index (χ3v) is 3.30. The molecule has 7 nitrogen and oxygen atoms in total. The molecule has 0 bridgehead atoms. The van der Waals surface area contributed by atoms with Crippen molar-refractivity contribution in [3.63, 3.8) is 0 Å². The molecule has 0 radical (unpaired) electrons. The minimum atomic E-state index is -1.13. The van der Waals surface area contributed by atoms with Gasteiger partial charge in [-0.05, 0) is 12.8 Å². The van der Waals surface area contributed by atoms with Crippen molar-refractivity contribution in [3.05, 3.63) is 11.4 Å². The number of nitrogens with zero attached hydrogens (tertiary/aromatic N) is 3. The minimum absolute atomic E-state index is 0.113. The smallest absolute Gasteiger partial charge is 0.358 e. The Morgan fingerprint density at radius 1 is 1.50 bits per heavy atom. The molecule has 100 valence electrons. The fourth-order valence-corrected chi connectivity index (χ4v) is 2.38. The molecule has 18 heavy (non-hydrogen) atoms. The molecular weight excluding hydrogens is 238 g/mol. The van der Waals surface area contributed by atoms with Gasteiger partial charge in [-0.25, -0.2) is 9.48 Å². The number of rotatable bonds is 5. The Hall–Kier alpha value is -1.47. The number of carboxylic acid groups (broad SMARTS) is 1. The average Bonchev–Trinajstić information content (AvgIpc) is 2.88. The Morgan fingerprint density at radius 3 is 2.72 bits per heavy atom. The second-order valence-electron chi connectivity index (χ2n) is 4.71. The van der Waals surface area contributed by atoms with E-state index in [1.165, 1.54) is 11.8 Å². The van der Waals surface area contributed by atoms with E-state index >= 15 is 0 Å². The molecule has 1 saturated carbocycles. The van der Waals surface area contributed by atoms with Crippen LogP contribution in [0.3, 0.4) is 0 Å². The molecule has 0 spiro atoms. The summed E-state index contributed by atoms with van der Waals surface area (Å²) in [6.07, 6.45) is 3.39. The van der Waals surface area contributed by atoms with Gasteiger partial charge in [0.2, 0.25) is 0 Å². The van der Waals surface area contributed by atoms with Crippen molar-refractivity contribution < 1.29 is 19.7 Å². The van der Waals surface area contributed by atoms with Crippen LogP contribution >= 0.6 is 0 Å². The molecule has 0 aliphatic heterocycles. The number of aromatic nitrogens is 3. The Bertz CT molecular complexity index is 437. The lowest BCUT2D eigenvalue weighted by Gasteiger charge is -2.22. The van der Waals surface area contributed by atoms with Gasteiger partial charge in [-0.15, -0.1) is 5.10 Å². The molecule has 2 rings (SSSR count). The molecule has 0 aromatic carbocycles. The topological polar surface area (TPSA) is 97.5 Å². The summed E-state index contributed by atoms with van der Waals surface area (Å²) in [5, 5.41) is 26.7. The van der Waals surface area contributed by atoms with E-state index in [0.717, 1.165) is 12.8 Å². The van der Waals surface area contributed by atoms with Gasteiger partial charge in [0.15, 0.2) is 5.69 Å². The second-order valence-corrected chi connectivity index (χ2v) is 4.71. The van der Waals surface area contributed by atoms with E-state index in [2.05, 4.69) is 10.3 Å². The zero-order valence-electron chi connectivity index (χ0n) is 10.3. The summed E-state index contributed by atoms with van der Waals surface area (Å²) >= 11 is 0. The molecule has 1 aromatic rings. The summed E-state index contributed by atoms with van der Waals surface area (Å²) in [7, 11) is 1.48. The molecule has 0 saturated heterocycles. The van der Waals surface area contributed by atoms with Crippen LogP contribution in [0.4, 0.5) is 0 Å². The van der Waals surface area contributed by atoms with Gasteiger partial charge in [-0.1, -0.05) is 18.1 Å². The normalized spacial score (nSPS) is 18.1. The van der Waals surface area contributed by atoms with Crippen LogP contribution in [-0.2, 0) is 17.9 Å². The quantitative estimate of drug-likeness (QED) is 0.791. The van der Waals surface area contributed by atoms with E-state index in [1.807, 2.05) is 0 Å². The number of aliphatic hydroxyl groups is 1. The van der Waals surface area contributed by atoms with Crippen molar-refractivity contribution in [2.45, 2.75) is 44.4 Å². The lowest BCUT2D eigenvalue weighted by atomic mass is 10.0. The maximum absolute atomic E-state index is 11.0. The molecule has 1 aromatic heterocycles. The van der Waals surface area contributed by atoms with Gasteiger partial charge in [0, 0.05) is 7.11 Å². The first-order valence-electron chi connectivity index (χ1n) is 5.93. The first-order chi connectivity index (χ1) is 8.56. The zero-order valence-corrected chi connectivity index (χ0v) is 10.3. The first kappa shape index (κ1) is 13.0. The van der Waals surface area contributed by atoms with Crippen LogP contribution in [0.15, 0.2) is 0 Å². The number of aromatic carboxylic acids is 1. The molecule has 1 aliphatic carbocycles. The van der Waals surface area contributed by atoms with E-state index < -0.39 is 11.6 Å². The molecule has 0 amide bonds. The standard InChI is InChI=1S/C11H17N3O4/c1-18-6-8-9(10(15)16)12-13-14(8)7-11(17)4-2-3-5-11/h17H,2-7H2,1H3,(H,15,16). The average molecular weight is 255 g/mol. The van der Waals surface area contributed by atoms with E-state index in [0.29, 0.717) is 18.5 Å². The van der Waals surface area contributed by atoms with Gasteiger partial charge in [-0.3, -0.25) is 0 Å². The number of ether oxygens (including phenoxy) is 1. The Balaban J connectivity index is 2.24. The number of carboxylic acids is 1. The summed E-state index contributed by atoms with van der Waals surface area (Å²) in [4.78, 5) is 11.0. The minimum Gasteiger partial charge on any atom is -0.476 e. The summed E-state index contributed by atoms with van der Waals surface area (Å²) in [5.74, 6) is -1.13. The Morgan fingerprint density at radius 2 is 2.17 bits per heavy atom. The zero-order chi connectivity index (χ0) is 13.2. The summed E-state index contributed by atoms with van der Waals surface area (Å²) < 4.78 is 6.41. The van der Waals surface area contributed by atoms with E-state index in [1.54, 1.807) is 0 Å². The van der Waals surface area contributed by atoms with Gasteiger partial charge >= 0.3 is 5.97 Å². The highest BCUT2D eigenvalue weighted by Gasteiger charge is 2.33. The van der Waals surface area contributed by atoms with Crippen molar-refractivity contribution in [1.29, 1.82) is 0 Å². The van der Waals surface area contributed by atoms with Gasteiger partial charge in [0.1, 0.15) is 0 Å². The summed E-state index contributed by atoms with van der Waals surface area (Å²) in [6, 6.07) is 0. The van der Waals surface area contributed by atoms with Gasteiger partial charge in [0.25, 0.3) is 0 Å². The van der Waals surface area contributed by atoms with Gasteiger partial charge < -0.3 is 14.9 Å². The highest BCUT2D eigenvalue weighted by atomic mass is 16.5. The third kappa shape index (κ3) is 2.51. The molecule has 1 heterocycles. The van der Waals surface area contributed by atoms with Gasteiger partial charge in [0.05, 0.1) is 24.4 Å². The number of methoxy groups -OCH3 is 1.